The second-order valence-electron chi connectivity index (χ2n) is 7.84. The van der Waals surface area contributed by atoms with Crippen LogP contribution in [0, 0.1) is 12.8 Å². The van der Waals surface area contributed by atoms with E-state index in [0.717, 1.165) is 5.69 Å². The molecule has 0 saturated carbocycles. The third-order valence-electron chi connectivity index (χ3n) is 4.91. The molecule has 0 aliphatic carbocycles. The maximum atomic E-state index is 12.4. The number of amides is 2. The van der Waals surface area contributed by atoms with E-state index >= 15 is 0 Å². The van der Waals surface area contributed by atoms with Gasteiger partial charge in [-0.1, -0.05) is 26.0 Å². The van der Waals surface area contributed by atoms with Crippen LogP contribution in [0.1, 0.15) is 41.7 Å². The van der Waals surface area contributed by atoms with E-state index in [1.165, 1.54) is 4.68 Å². The van der Waals surface area contributed by atoms with Gasteiger partial charge in [0.25, 0.3) is 5.91 Å². The van der Waals surface area contributed by atoms with Crippen molar-refractivity contribution < 1.29 is 19.4 Å². The fourth-order valence-electron chi connectivity index (χ4n) is 3.52. The van der Waals surface area contributed by atoms with Crippen LogP contribution in [0.5, 0.6) is 0 Å². The summed E-state index contributed by atoms with van der Waals surface area (Å²) < 4.78 is 6.90. The van der Waals surface area contributed by atoms with Crippen LogP contribution in [-0.4, -0.2) is 57.4 Å². The maximum absolute atomic E-state index is 12.4. The number of aliphatic hydroxyl groups excluding tert-OH is 1. The zero-order valence-corrected chi connectivity index (χ0v) is 17.3. The van der Waals surface area contributed by atoms with E-state index in [4.69, 9.17) is 4.74 Å². The van der Waals surface area contributed by atoms with Crippen molar-refractivity contribution in [3.8, 4) is 0 Å². The smallest absolute Gasteiger partial charge is 0.273 e. The molecule has 1 aromatic carbocycles. The number of aromatic nitrogens is 2. The van der Waals surface area contributed by atoms with Gasteiger partial charge < -0.3 is 20.1 Å². The number of aryl methyl sites for hydroxylation is 2. The van der Waals surface area contributed by atoms with Crippen LogP contribution < -0.4 is 5.32 Å². The van der Waals surface area contributed by atoms with E-state index in [1.54, 1.807) is 42.3 Å². The molecule has 1 saturated heterocycles. The van der Waals surface area contributed by atoms with Gasteiger partial charge in [0.05, 0.1) is 18.3 Å². The number of aliphatic hydroxyl groups is 1. The fourth-order valence-corrected chi connectivity index (χ4v) is 3.52. The molecule has 1 aliphatic heterocycles. The Hall–Kier alpha value is -2.71. The van der Waals surface area contributed by atoms with Crippen LogP contribution in [0.25, 0.3) is 0 Å². The first-order chi connectivity index (χ1) is 13.8. The van der Waals surface area contributed by atoms with Crippen LogP contribution in [-0.2, 0) is 16.6 Å². The number of morpholine rings is 1. The van der Waals surface area contributed by atoms with Gasteiger partial charge in [-0.3, -0.25) is 14.3 Å². The number of carbonyl (C=O) groups excluding carboxylic acids is 2. The lowest BCUT2D eigenvalue weighted by atomic mass is 9.99. The Kier molecular flexibility index (Phi) is 6.34. The third kappa shape index (κ3) is 4.83. The van der Waals surface area contributed by atoms with Crippen LogP contribution in [0.3, 0.4) is 0 Å². The van der Waals surface area contributed by atoms with E-state index in [1.807, 2.05) is 20.8 Å². The molecule has 8 nitrogen and oxygen atoms in total. The predicted octanol–water partition coefficient (Wildman–Crippen LogP) is 1.90. The van der Waals surface area contributed by atoms with Crippen LogP contribution in [0.2, 0.25) is 0 Å². The van der Waals surface area contributed by atoms with Crippen molar-refractivity contribution in [1.29, 1.82) is 0 Å². The number of hydrogen-bond donors (Lipinski definition) is 2. The number of nitrogens with one attached hydrogen (secondary N) is 1. The fraction of sp³-hybridized carbons (Fsp3) is 0.476. The normalized spacial score (nSPS) is 18.2. The van der Waals surface area contributed by atoms with E-state index in [9.17, 15) is 14.7 Å². The van der Waals surface area contributed by atoms with Crippen molar-refractivity contribution in [2.75, 3.05) is 25.1 Å². The molecule has 0 bridgehead atoms. The van der Waals surface area contributed by atoms with Crippen LogP contribution >= 0.6 is 0 Å². The summed E-state index contributed by atoms with van der Waals surface area (Å²) in [5.74, 6) is -0.0693. The van der Waals surface area contributed by atoms with Crippen LogP contribution in [0.4, 0.5) is 5.69 Å². The van der Waals surface area contributed by atoms with Gasteiger partial charge in [-0.2, -0.15) is 5.10 Å². The van der Waals surface area contributed by atoms with Crippen molar-refractivity contribution in [1.82, 2.24) is 14.7 Å². The third-order valence-corrected chi connectivity index (χ3v) is 4.91. The lowest BCUT2D eigenvalue weighted by molar-refractivity contribution is -0.155. The number of ether oxygens (including phenoxy) is 1. The first kappa shape index (κ1) is 21.0. The first-order valence-corrected chi connectivity index (χ1v) is 9.73. The molecule has 1 fully saturated rings. The number of hydrogen-bond acceptors (Lipinski definition) is 5. The van der Waals surface area contributed by atoms with Crippen molar-refractivity contribution >= 4 is 17.5 Å². The molecular formula is C21H28N4O4. The molecule has 29 heavy (non-hydrogen) atoms. The van der Waals surface area contributed by atoms with Gasteiger partial charge in [0.1, 0.15) is 18.4 Å². The maximum Gasteiger partial charge on any atom is 0.273 e. The van der Waals surface area contributed by atoms with Gasteiger partial charge in [-0.15, -0.1) is 0 Å². The highest BCUT2D eigenvalue weighted by molar-refractivity contribution is 6.03. The first-order valence-electron chi connectivity index (χ1n) is 9.73. The Morgan fingerprint density at radius 2 is 2.03 bits per heavy atom. The Labute approximate surface area is 170 Å². The molecule has 2 aromatic rings. The van der Waals surface area contributed by atoms with E-state index in [2.05, 4.69) is 10.4 Å². The monoisotopic (exact) mass is 400 g/mol. The van der Waals surface area contributed by atoms with Crippen molar-refractivity contribution in [2.45, 2.75) is 32.9 Å². The molecule has 156 valence electrons. The molecule has 8 heteroatoms. The lowest BCUT2D eigenvalue weighted by Crippen LogP contribution is -2.53. The number of rotatable bonds is 6. The molecular weight excluding hydrogens is 372 g/mol. The van der Waals surface area contributed by atoms with Crippen molar-refractivity contribution in [3.05, 3.63) is 47.3 Å². The minimum Gasteiger partial charge on any atom is -0.386 e. The SMILES string of the molecule is Cc1cc(C(=O)Nc2ccc([C@@H](O)[C@H]3COCC(=O)N3CC(C)C)cc2)n(C)n1. The summed E-state index contributed by atoms with van der Waals surface area (Å²) in [5, 5.41) is 17.9. The predicted molar refractivity (Wildman–Crippen MR) is 108 cm³/mol. The summed E-state index contributed by atoms with van der Waals surface area (Å²) in [5.41, 5.74) is 2.51. The van der Waals surface area contributed by atoms with Crippen LogP contribution in [0.15, 0.2) is 30.3 Å². The summed E-state index contributed by atoms with van der Waals surface area (Å²) in [4.78, 5) is 26.4. The second-order valence-corrected chi connectivity index (χ2v) is 7.84. The van der Waals surface area contributed by atoms with E-state index in [0.29, 0.717) is 29.4 Å². The summed E-state index contributed by atoms with van der Waals surface area (Å²) in [7, 11) is 1.72. The molecule has 1 aromatic heterocycles. The molecule has 2 atom stereocenters. The van der Waals surface area contributed by atoms with Crippen molar-refractivity contribution in [2.24, 2.45) is 13.0 Å². The molecule has 1 aliphatic rings. The second kappa shape index (κ2) is 8.75. The average Bonchev–Trinajstić information content (AvgIpc) is 3.01. The van der Waals surface area contributed by atoms with Gasteiger partial charge in [0.2, 0.25) is 5.91 Å². The topological polar surface area (TPSA) is 96.7 Å². The zero-order chi connectivity index (χ0) is 21.1. The number of benzene rings is 1. The summed E-state index contributed by atoms with van der Waals surface area (Å²) in [6.07, 6.45) is -0.873. The van der Waals surface area contributed by atoms with Gasteiger partial charge in [-0.05, 0) is 36.6 Å². The Balaban J connectivity index is 1.71. The molecule has 2 heterocycles. The Morgan fingerprint density at radius 1 is 1.34 bits per heavy atom. The largest absolute Gasteiger partial charge is 0.386 e. The highest BCUT2D eigenvalue weighted by Crippen LogP contribution is 2.26. The number of nitrogens with zero attached hydrogens (tertiary/aromatic N) is 3. The van der Waals surface area contributed by atoms with Gasteiger partial charge in [0, 0.05) is 19.3 Å². The summed E-state index contributed by atoms with van der Waals surface area (Å²) in [6, 6.07) is 8.26. The standard InChI is InChI=1S/C21H28N4O4/c1-13(2)10-25-18(11-29-12-19(25)26)20(27)15-5-7-16(8-6-15)22-21(28)17-9-14(3)23-24(17)4/h5-9,13,18,20,27H,10-12H2,1-4H3,(H,22,28)/t18-,20-/m1/s1. The minimum absolute atomic E-state index is 0.0500. The lowest BCUT2D eigenvalue weighted by Gasteiger charge is -2.39. The highest BCUT2D eigenvalue weighted by Gasteiger charge is 2.34. The number of anilines is 1. The summed E-state index contributed by atoms with van der Waals surface area (Å²) >= 11 is 0. The van der Waals surface area contributed by atoms with Gasteiger partial charge in [0.15, 0.2) is 0 Å². The van der Waals surface area contributed by atoms with E-state index < -0.39 is 12.1 Å². The van der Waals surface area contributed by atoms with E-state index in [-0.39, 0.29) is 25.0 Å². The van der Waals surface area contributed by atoms with Crippen molar-refractivity contribution in [3.63, 3.8) is 0 Å². The van der Waals surface area contributed by atoms with Gasteiger partial charge in [-0.25, -0.2) is 0 Å². The Morgan fingerprint density at radius 3 is 2.62 bits per heavy atom. The molecule has 3 rings (SSSR count). The highest BCUT2D eigenvalue weighted by atomic mass is 16.5. The molecule has 2 N–H and O–H groups in total. The average molecular weight is 400 g/mol. The molecule has 0 radical (unpaired) electrons. The zero-order valence-electron chi connectivity index (χ0n) is 17.3. The number of carbonyl (C=O) groups is 2. The summed E-state index contributed by atoms with van der Waals surface area (Å²) in [6.45, 7) is 6.81. The molecule has 2 amide bonds. The minimum atomic E-state index is -0.873. The molecule has 0 spiro atoms. The quantitative estimate of drug-likeness (QED) is 0.772. The Bertz CT molecular complexity index is 875. The van der Waals surface area contributed by atoms with Gasteiger partial charge >= 0.3 is 0 Å². The molecule has 0 unspecified atom stereocenters.